The Bertz CT molecular complexity index is 1220. The van der Waals surface area contributed by atoms with E-state index in [1.807, 2.05) is 27.7 Å². The van der Waals surface area contributed by atoms with Gasteiger partial charge in [-0.2, -0.15) is 13.2 Å². The number of amides is 1. The van der Waals surface area contributed by atoms with Gasteiger partial charge in [-0.25, -0.2) is 4.98 Å². The summed E-state index contributed by atoms with van der Waals surface area (Å²) in [5.74, 6) is 0.202. The molecule has 0 fully saturated rings. The average molecular weight is 474 g/mol. The van der Waals surface area contributed by atoms with Crippen molar-refractivity contribution in [2.75, 3.05) is 6.54 Å². The molecule has 0 aliphatic heterocycles. The standard InChI is InChI=1S/C26H30F3N3O2/c1-5-22(23-30-21-13-8-7-12-20(21)25(34)31(23)6-2)32(15-14-17(3)4)24(33)18-10-9-11-19(16-18)26(27,28)29/h7-13,16-17,22H,5-6,14-15H2,1-4H3. The lowest BCUT2D eigenvalue weighted by Gasteiger charge is -2.33. The monoisotopic (exact) mass is 473 g/mol. The van der Waals surface area contributed by atoms with Crippen LogP contribution < -0.4 is 5.56 Å². The van der Waals surface area contributed by atoms with Crippen LogP contribution in [-0.4, -0.2) is 26.9 Å². The second-order valence-corrected chi connectivity index (χ2v) is 8.72. The third kappa shape index (κ3) is 5.32. The van der Waals surface area contributed by atoms with Crippen LogP contribution >= 0.6 is 0 Å². The van der Waals surface area contributed by atoms with Crippen LogP contribution in [-0.2, 0) is 12.7 Å². The first-order valence-electron chi connectivity index (χ1n) is 11.6. The summed E-state index contributed by atoms with van der Waals surface area (Å²) in [4.78, 5) is 33.1. The van der Waals surface area contributed by atoms with Gasteiger partial charge < -0.3 is 4.90 Å². The van der Waals surface area contributed by atoms with E-state index in [0.717, 1.165) is 12.1 Å². The highest BCUT2D eigenvalue weighted by Crippen LogP contribution is 2.31. The number of aromatic nitrogens is 2. The number of hydrogen-bond acceptors (Lipinski definition) is 3. The van der Waals surface area contributed by atoms with E-state index in [2.05, 4.69) is 0 Å². The zero-order valence-electron chi connectivity index (χ0n) is 19.9. The molecule has 1 unspecified atom stereocenters. The van der Waals surface area contributed by atoms with Gasteiger partial charge in [0, 0.05) is 18.7 Å². The maximum Gasteiger partial charge on any atom is 0.416 e. The number of nitrogens with zero attached hydrogens (tertiary/aromatic N) is 3. The Morgan fingerprint density at radius 3 is 2.41 bits per heavy atom. The molecule has 34 heavy (non-hydrogen) atoms. The van der Waals surface area contributed by atoms with E-state index in [1.165, 1.54) is 12.1 Å². The number of alkyl halides is 3. The summed E-state index contributed by atoms with van der Waals surface area (Å²) in [5, 5.41) is 0.487. The maximum absolute atomic E-state index is 13.6. The molecular weight excluding hydrogens is 443 g/mol. The second kappa shape index (κ2) is 10.4. The highest BCUT2D eigenvalue weighted by Gasteiger charge is 2.33. The second-order valence-electron chi connectivity index (χ2n) is 8.72. The number of carbonyl (C=O) groups is 1. The minimum Gasteiger partial charge on any atom is -0.328 e. The quantitative estimate of drug-likeness (QED) is 0.399. The lowest BCUT2D eigenvalue weighted by molar-refractivity contribution is -0.137. The van der Waals surface area contributed by atoms with E-state index < -0.39 is 23.7 Å². The van der Waals surface area contributed by atoms with Gasteiger partial charge in [-0.3, -0.25) is 14.2 Å². The lowest BCUT2D eigenvalue weighted by atomic mass is 10.0. The Hall–Kier alpha value is -3.16. The largest absolute Gasteiger partial charge is 0.416 e. The molecule has 0 N–H and O–H groups in total. The molecule has 1 atom stereocenters. The van der Waals surface area contributed by atoms with Crippen molar-refractivity contribution in [3.8, 4) is 0 Å². The van der Waals surface area contributed by atoms with Gasteiger partial charge in [0.2, 0.25) is 0 Å². The van der Waals surface area contributed by atoms with Crippen LogP contribution in [0, 0.1) is 5.92 Å². The summed E-state index contributed by atoms with van der Waals surface area (Å²) in [6.07, 6.45) is -3.44. The molecular formula is C26H30F3N3O2. The van der Waals surface area contributed by atoms with Crippen molar-refractivity contribution in [3.05, 3.63) is 75.8 Å². The molecule has 1 heterocycles. The Kier molecular flexibility index (Phi) is 7.79. The molecule has 0 aliphatic rings. The summed E-state index contributed by atoms with van der Waals surface area (Å²) in [7, 11) is 0. The van der Waals surface area contributed by atoms with Crippen LogP contribution in [0.5, 0.6) is 0 Å². The minimum absolute atomic E-state index is 0.0387. The molecule has 0 spiro atoms. The van der Waals surface area contributed by atoms with Crippen LogP contribution in [0.4, 0.5) is 13.2 Å². The first kappa shape index (κ1) is 25.5. The number of rotatable bonds is 8. The highest BCUT2D eigenvalue weighted by atomic mass is 19.4. The molecule has 1 amide bonds. The molecule has 1 aromatic heterocycles. The van der Waals surface area contributed by atoms with Gasteiger partial charge in [-0.05, 0) is 56.0 Å². The van der Waals surface area contributed by atoms with Gasteiger partial charge >= 0.3 is 6.18 Å². The predicted molar refractivity (Wildman–Crippen MR) is 127 cm³/mol. The van der Waals surface area contributed by atoms with Crippen molar-refractivity contribution in [2.24, 2.45) is 5.92 Å². The van der Waals surface area contributed by atoms with Gasteiger partial charge in [0.1, 0.15) is 5.82 Å². The Morgan fingerprint density at radius 2 is 1.79 bits per heavy atom. The summed E-state index contributed by atoms with van der Waals surface area (Å²) >= 11 is 0. The van der Waals surface area contributed by atoms with Crippen molar-refractivity contribution in [2.45, 2.75) is 59.3 Å². The molecule has 0 aliphatic carbocycles. The maximum atomic E-state index is 13.6. The third-order valence-corrected chi connectivity index (χ3v) is 5.91. The number of hydrogen-bond donors (Lipinski definition) is 0. The molecule has 3 rings (SSSR count). The third-order valence-electron chi connectivity index (χ3n) is 5.91. The van der Waals surface area contributed by atoms with Crippen LogP contribution in [0.2, 0.25) is 0 Å². The van der Waals surface area contributed by atoms with Gasteiger partial charge in [0.05, 0.1) is 22.5 Å². The molecule has 3 aromatic rings. The lowest BCUT2D eigenvalue weighted by Crippen LogP contribution is -2.39. The number of carbonyl (C=O) groups excluding carboxylic acids is 1. The smallest absolute Gasteiger partial charge is 0.328 e. The fraction of sp³-hybridized carbons (Fsp3) is 0.423. The van der Waals surface area contributed by atoms with Crippen molar-refractivity contribution >= 4 is 16.8 Å². The van der Waals surface area contributed by atoms with E-state index in [1.54, 1.807) is 33.7 Å². The molecule has 2 aromatic carbocycles. The van der Waals surface area contributed by atoms with E-state index in [0.29, 0.717) is 42.7 Å². The Balaban J connectivity index is 2.15. The minimum atomic E-state index is -4.55. The molecule has 5 nitrogen and oxygen atoms in total. The summed E-state index contributed by atoms with van der Waals surface area (Å²) in [6, 6.07) is 10.9. The van der Waals surface area contributed by atoms with Gasteiger partial charge in [0.15, 0.2) is 0 Å². The van der Waals surface area contributed by atoms with Gasteiger partial charge in [0.25, 0.3) is 11.5 Å². The van der Waals surface area contributed by atoms with E-state index in [4.69, 9.17) is 4.98 Å². The molecule has 0 radical (unpaired) electrons. The predicted octanol–water partition coefficient (Wildman–Crippen LogP) is 6.07. The van der Waals surface area contributed by atoms with Crippen LogP contribution in [0.25, 0.3) is 10.9 Å². The highest BCUT2D eigenvalue weighted by molar-refractivity contribution is 5.94. The fourth-order valence-corrected chi connectivity index (χ4v) is 4.08. The molecule has 8 heteroatoms. The van der Waals surface area contributed by atoms with Crippen molar-refractivity contribution in [1.82, 2.24) is 14.5 Å². The van der Waals surface area contributed by atoms with Crippen molar-refractivity contribution < 1.29 is 18.0 Å². The fourth-order valence-electron chi connectivity index (χ4n) is 4.08. The normalized spacial score (nSPS) is 12.8. The van der Waals surface area contributed by atoms with Crippen LogP contribution in [0.15, 0.2) is 53.3 Å². The van der Waals surface area contributed by atoms with E-state index in [9.17, 15) is 22.8 Å². The summed E-state index contributed by atoms with van der Waals surface area (Å²) in [5.41, 5.74) is -0.578. The molecule has 0 saturated carbocycles. The van der Waals surface area contributed by atoms with Crippen molar-refractivity contribution in [1.29, 1.82) is 0 Å². The van der Waals surface area contributed by atoms with Crippen molar-refractivity contribution in [3.63, 3.8) is 0 Å². The topological polar surface area (TPSA) is 55.2 Å². The van der Waals surface area contributed by atoms with E-state index in [-0.39, 0.29) is 17.0 Å². The zero-order valence-corrected chi connectivity index (χ0v) is 19.9. The van der Waals surface area contributed by atoms with Crippen LogP contribution in [0.3, 0.4) is 0 Å². The molecule has 0 saturated heterocycles. The SMILES string of the molecule is CCC(c1nc2ccccc2c(=O)n1CC)N(CCC(C)C)C(=O)c1cccc(C(F)(F)F)c1. The number of halogens is 3. The number of fused-ring (bicyclic) bond motifs is 1. The summed E-state index contributed by atoms with van der Waals surface area (Å²) in [6.45, 7) is 8.44. The molecule has 0 bridgehead atoms. The Labute approximate surface area is 197 Å². The van der Waals surface area contributed by atoms with Crippen LogP contribution in [0.1, 0.15) is 68.3 Å². The first-order valence-corrected chi connectivity index (χ1v) is 11.6. The van der Waals surface area contributed by atoms with Gasteiger partial charge in [-0.15, -0.1) is 0 Å². The molecule has 182 valence electrons. The summed E-state index contributed by atoms with van der Waals surface area (Å²) < 4.78 is 41.4. The zero-order chi connectivity index (χ0) is 25.0. The van der Waals surface area contributed by atoms with Gasteiger partial charge in [-0.1, -0.05) is 39.0 Å². The number of para-hydroxylation sites is 1. The number of benzene rings is 2. The Morgan fingerprint density at radius 1 is 1.09 bits per heavy atom. The first-order chi connectivity index (χ1) is 16.1. The average Bonchev–Trinajstić information content (AvgIpc) is 2.80. The van der Waals surface area contributed by atoms with E-state index >= 15 is 0 Å².